The number of anilines is 2. The van der Waals surface area contributed by atoms with Crippen LogP contribution in [0.1, 0.15) is 12.8 Å². The average Bonchev–Trinajstić information content (AvgIpc) is 2.80. The van der Waals surface area contributed by atoms with Crippen LogP contribution in [-0.2, 0) is 4.74 Å². The molecule has 8 nitrogen and oxygen atoms in total. The highest BCUT2D eigenvalue weighted by atomic mass is 16.5. The molecule has 1 saturated carbocycles. The van der Waals surface area contributed by atoms with Crippen LogP contribution in [0, 0.1) is 0 Å². The Morgan fingerprint density at radius 1 is 1.44 bits per heavy atom. The van der Waals surface area contributed by atoms with Gasteiger partial charge in [0.05, 0.1) is 17.7 Å². The van der Waals surface area contributed by atoms with Crippen molar-refractivity contribution in [1.29, 1.82) is 0 Å². The highest BCUT2D eigenvalue weighted by Crippen LogP contribution is 2.28. The van der Waals surface area contributed by atoms with E-state index in [-0.39, 0.29) is 0 Å². The van der Waals surface area contributed by atoms with Gasteiger partial charge in [0.2, 0.25) is 5.95 Å². The average molecular weight is 249 g/mol. The number of methoxy groups -OCH3 is 1. The number of ether oxygens (including phenoxy) is 1. The van der Waals surface area contributed by atoms with E-state index in [1.165, 1.54) is 0 Å². The van der Waals surface area contributed by atoms with Gasteiger partial charge in [-0.3, -0.25) is 10.5 Å². The maximum atomic E-state index is 5.34. The van der Waals surface area contributed by atoms with Gasteiger partial charge in [0, 0.05) is 13.2 Å². The van der Waals surface area contributed by atoms with E-state index in [0.717, 1.165) is 24.0 Å². The number of nitrogen functional groups attached to an aromatic ring is 1. The Labute approximate surface area is 103 Å². The minimum Gasteiger partial charge on any atom is -0.381 e. The molecule has 2 heterocycles. The molecule has 0 aromatic carbocycles. The lowest BCUT2D eigenvalue weighted by molar-refractivity contribution is 0.0328. The smallest absolute Gasteiger partial charge is 0.241 e. The zero-order valence-electron chi connectivity index (χ0n) is 9.97. The molecule has 0 spiro atoms. The Kier molecular flexibility index (Phi) is 2.73. The largest absolute Gasteiger partial charge is 0.381 e. The van der Waals surface area contributed by atoms with Crippen LogP contribution in [-0.4, -0.2) is 39.4 Å². The third kappa shape index (κ3) is 1.85. The second-order valence-corrected chi connectivity index (χ2v) is 4.34. The summed E-state index contributed by atoms with van der Waals surface area (Å²) in [6, 6.07) is 0.369. The van der Waals surface area contributed by atoms with Crippen molar-refractivity contribution in [3.63, 3.8) is 0 Å². The number of hydrogen-bond donors (Lipinski definition) is 4. The number of H-pyrrole nitrogens is 1. The van der Waals surface area contributed by atoms with Crippen molar-refractivity contribution in [1.82, 2.24) is 20.2 Å². The fourth-order valence-corrected chi connectivity index (χ4v) is 2.08. The number of nitrogens with two attached hydrogens (primary N) is 1. The lowest BCUT2D eigenvalue weighted by Crippen LogP contribution is -2.40. The maximum Gasteiger partial charge on any atom is 0.241 e. The SMILES string of the molecule is COC1CC(Nc2nc(NN)nc3[nH]ncc23)C1. The molecule has 1 fully saturated rings. The van der Waals surface area contributed by atoms with Crippen LogP contribution in [0.2, 0.25) is 0 Å². The van der Waals surface area contributed by atoms with Crippen LogP contribution in [0.4, 0.5) is 11.8 Å². The monoisotopic (exact) mass is 249 g/mol. The van der Waals surface area contributed by atoms with E-state index in [2.05, 4.69) is 30.9 Å². The highest BCUT2D eigenvalue weighted by molar-refractivity contribution is 5.87. The summed E-state index contributed by atoms with van der Waals surface area (Å²) >= 11 is 0. The summed E-state index contributed by atoms with van der Waals surface area (Å²) in [5.74, 6) is 6.44. The summed E-state index contributed by atoms with van der Waals surface area (Å²) in [5.41, 5.74) is 3.10. The molecular weight excluding hydrogens is 234 g/mol. The Balaban J connectivity index is 1.84. The van der Waals surface area contributed by atoms with Gasteiger partial charge in [0.25, 0.3) is 0 Å². The summed E-state index contributed by atoms with van der Waals surface area (Å²) in [6.45, 7) is 0. The number of aromatic amines is 1. The summed E-state index contributed by atoms with van der Waals surface area (Å²) in [5, 5.41) is 11.0. The zero-order chi connectivity index (χ0) is 12.5. The first-order valence-electron chi connectivity index (χ1n) is 5.77. The zero-order valence-corrected chi connectivity index (χ0v) is 9.97. The fourth-order valence-electron chi connectivity index (χ4n) is 2.08. The van der Waals surface area contributed by atoms with E-state index in [9.17, 15) is 0 Å². The molecule has 0 aliphatic heterocycles. The van der Waals surface area contributed by atoms with Crippen LogP contribution < -0.4 is 16.6 Å². The molecule has 2 aromatic rings. The molecule has 0 bridgehead atoms. The lowest BCUT2D eigenvalue weighted by atomic mass is 9.89. The molecule has 5 N–H and O–H groups in total. The molecule has 0 unspecified atom stereocenters. The number of hydrazine groups is 1. The predicted octanol–water partition coefficient (Wildman–Crippen LogP) is 0.228. The number of hydrogen-bond acceptors (Lipinski definition) is 7. The van der Waals surface area contributed by atoms with E-state index < -0.39 is 0 Å². The molecule has 1 aliphatic rings. The number of nitrogens with one attached hydrogen (secondary N) is 3. The van der Waals surface area contributed by atoms with E-state index in [1.54, 1.807) is 13.3 Å². The summed E-state index contributed by atoms with van der Waals surface area (Å²) < 4.78 is 5.25. The van der Waals surface area contributed by atoms with Crippen molar-refractivity contribution in [3.8, 4) is 0 Å². The first kappa shape index (κ1) is 11.2. The van der Waals surface area contributed by atoms with Crippen molar-refractivity contribution in [2.24, 2.45) is 5.84 Å². The Bertz CT molecular complexity index is 548. The van der Waals surface area contributed by atoms with Crippen LogP contribution >= 0.6 is 0 Å². The second kappa shape index (κ2) is 4.39. The molecule has 0 atom stereocenters. The van der Waals surface area contributed by atoms with Gasteiger partial charge < -0.3 is 10.1 Å². The van der Waals surface area contributed by atoms with Gasteiger partial charge in [-0.2, -0.15) is 15.1 Å². The Morgan fingerprint density at radius 2 is 2.28 bits per heavy atom. The van der Waals surface area contributed by atoms with E-state index in [1.807, 2.05) is 0 Å². The Morgan fingerprint density at radius 3 is 3.00 bits per heavy atom. The summed E-state index contributed by atoms with van der Waals surface area (Å²) in [7, 11) is 1.73. The molecule has 3 rings (SSSR count). The molecule has 96 valence electrons. The van der Waals surface area contributed by atoms with Gasteiger partial charge >= 0.3 is 0 Å². The second-order valence-electron chi connectivity index (χ2n) is 4.34. The standard InChI is InChI=1S/C10H15N7O/c1-18-6-2-5(3-6)13-8-7-4-12-17-9(7)15-10(14-8)16-11/h4-6H,2-3,11H2,1H3,(H3,12,13,14,15,16,17). The van der Waals surface area contributed by atoms with Crippen LogP contribution in [0.15, 0.2) is 6.20 Å². The topological polar surface area (TPSA) is 114 Å². The van der Waals surface area contributed by atoms with Gasteiger partial charge in [-0.05, 0) is 12.8 Å². The van der Waals surface area contributed by atoms with Gasteiger partial charge in [0.1, 0.15) is 5.82 Å². The fraction of sp³-hybridized carbons (Fsp3) is 0.500. The molecule has 0 radical (unpaired) electrons. The van der Waals surface area contributed by atoms with E-state index >= 15 is 0 Å². The van der Waals surface area contributed by atoms with Crippen molar-refractivity contribution in [3.05, 3.63) is 6.20 Å². The van der Waals surface area contributed by atoms with Crippen molar-refractivity contribution < 1.29 is 4.74 Å². The predicted molar refractivity (Wildman–Crippen MR) is 66.9 cm³/mol. The summed E-state index contributed by atoms with van der Waals surface area (Å²) in [4.78, 5) is 8.47. The minimum atomic E-state index is 0.344. The molecule has 8 heteroatoms. The number of aromatic nitrogens is 4. The first-order chi connectivity index (χ1) is 8.80. The van der Waals surface area contributed by atoms with E-state index in [0.29, 0.717) is 23.7 Å². The first-order valence-corrected chi connectivity index (χ1v) is 5.77. The quantitative estimate of drug-likeness (QED) is 0.453. The molecule has 0 saturated heterocycles. The van der Waals surface area contributed by atoms with Crippen LogP contribution in [0.3, 0.4) is 0 Å². The lowest BCUT2D eigenvalue weighted by Gasteiger charge is -2.35. The number of fused-ring (bicyclic) bond motifs is 1. The van der Waals surface area contributed by atoms with Crippen LogP contribution in [0.5, 0.6) is 0 Å². The normalized spacial score (nSPS) is 22.8. The van der Waals surface area contributed by atoms with Gasteiger partial charge in [-0.15, -0.1) is 0 Å². The molecule has 1 aliphatic carbocycles. The number of nitrogens with zero attached hydrogens (tertiary/aromatic N) is 3. The Hall–Kier alpha value is -1.93. The van der Waals surface area contributed by atoms with Crippen LogP contribution in [0.25, 0.3) is 11.0 Å². The third-order valence-corrected chi connectivity index (χ3v) is 3.21. The van der Waals surface area contributed by atoms with Gasteiger partial charge in [0.15, 0.2) is 5.65 Å². The molecular formula is C10H15N7O. The van der Waals surface area contributed by atoms with Gasteiger partial charge in [-0.25, -0.2) is 5.84 Å². The van der Waals surface area contributed by atoms with Crippen molar-refractivity contribution in [2.45, 2.75) is 25.0 Å². The van der Waals surface area contributed by atoms with E-state index in [4.69, 9.17) is 10.6 Å². The molecule has 18 heavy (non-hydrogen) atoms. The number of rotatable bonds is 4. The van der Waals surface area contributed by atoms with Crippen molar-refractivity contribution in [2.75, 3.05) is 17.9 Å². The van der Waals surface area contributed by atoms with Crippen molar-refractivity contribution >= 4 is 22.8 Å². The maximum absolute atomic E-state index is 5.34. The molecule has 0 amide bonds. The molecule has 2 aromatic heterocycles. The van der Waals surface area contributed by atoms with Gasteiger partial charge in [-0.1, -0.05) is 0 Å². The highest BCUT2D eigenvalue weighted by Gasteiger charge is 2.29. The minimum absolute atomic E-state index is 0.344. The third-order valence-electron chi connectivity index (χ3n) is 3.21. The summed E-state index contributed by atoms with van der Waals surface area (Å²) in [6.07, 6.45) is 4.00.